The van der Waals surface area contributed by atoms with E-state index in [0.717, 1.165) is 29.8 Å². The van der Waals surface area contributed by atoms with Crippen molar-refractivity contribution in [2.45, 2.75) is 86.2 Å². The number of nitrogens with zero attached hydrogens (tertiary/aromatic N) is 2. The zero-order valence-electron chi connectivity index (χ0n) is 19.8. The highest BCUT2D eigenvalue weighted by Gasteiger charge is 2.36. The molecule has 1 atom stereocenters. The van der Waals surface area contributed by atoms with Crippen molar-refractivity contribution >= 4 is 5.97 Å². The van der Waals surface area contributed by atoms with E-state index in [1.165, 1.54) is 5.56 Å². The van der Waals surface area contributed by atoms with Crippen molar-refractivity contribution in [2.24, 2.45) is 5.41 Å². The number of allylic oxidation sites excluding steroid dienone is 3. The number of hydrogen-bond donors (Lipinski definition) is 0. The Morgan fingerprint density at radius 3 is 2.20 bits per heavy atom. The monoisotopic (exact) mass is 408 g/mol. The first kappa shape index (κ1) is 23.7. The quantitative estimate of drug-likeness (QED) is 0.407. The van der Waals surface area contributed by atoms with Gasteiger partial charge in [0.2, 0.25) is 0 Å². The van der Waals surface area contributed by atoms with Crippen molar-refractivity contribution < 1.29 is 9.53 Å². The van der Waals surface area contributed by atoms with Gasteiger partial charge in [0.25, 0.3) is 0 Å². The molecule has 4 heteroatoms. The second-order valence-corrected chi connectivity index (χ2v) is 10.3. The third-order valence-electron chi connectivity index (χ3n) is 4.89. The third-order valence-corrected chi connectivity index (χ3v) is 4.89. The Morgan fingerprint density at radius 1 is 1.13 bits per heavy atom. The molecule has 1 aromatic rings. The minimum atomic E-state index is -0.605. The number of rotatable bonds is 5. The standard InChI is InChI=1S/C26H36N2O2/c1-9-10-22-23(24(29)30-26(6,7)8)21(19-13-11-18(2)12-14-19)15-20(28(22)17-27)16-25(3,4)5/h11-15,21H,9-10,16H2,1-8H3. The van der Waals surface area contributed by atoms with Gasteiger partial charge in [0, 0.05) is 17.3 Å². The SMILES string of the molecule is CCCC1=C(C(=O)OC(C)(C)C)C(c2ccc(C)cc2)C=C(CC(C)(C)C)N1C#N. The molecule has 0 spiro atoms. The Balaban J connectivity index is 2.71. The summed E-state index contributed by atoms with van der Waals surface area (Å²) in [7, 11) is 0. The summed E-state index contributed by atoms with van der Waals surface area (Å²) >= 11 is 0. The van der Waals surface area contributed by atoms with E-state index < -0.39 is 5.60 Å². The van der Waals surface area contributed by atoms with E-state index in [4.69, 9.17) is 4.74 Å². The van der Waals surface area contributed by atoms with Gasteiger partial charge in [-0.2, -0.15) is 5.26 Å². The molecule has 4 nitrogen and oxygen atoms in total. The number of aryl methyl sites for hydroxylation is 1. The van der Waals surface area contributed by atoms with Gasteiger partial charge in [-0.15, -0.1) is 0 Å². The van der Waals surface area contributed by atoms with Crippen LogP contribution in [0.4, 0.5) is 0 Å². The largest absolute Gasteiger partial charge is 0.457 e. The Hall–Kier alpha value is -2.54. The molecular weight excluding hydrogens is 372 g/mol. The minimum absolute atomic E-state index is 0.0134. The number of carbonyl (C=O) groups is 1. The summed E-state index contributed by atoms with van der Waals surface area (Å²) in [6, 6.07) is 8.27. The predicted octanol–water partition coefficient (Wildman–Crippen LogP) is 6.59. The number of carbonyl (C=O) groups excluding carboxylic acids is 1. The molecule has 0 aromatic heterocycles. The summed E-state index contributed by atoms with van der Waals surface area (Å²) in [4.78, 5) is 15.0. The molecule has 0 radical (unpaired) electrons. The van der Waals surface area contributed by atoms with Gasteiger partial charge in [-0.25, -0.2) is 4.79 Å². The van der Waals surface area contributed by atoms with Gasteiger partial charge in [0.05, 0.1) is 5.57 Å². The lowest BCUT2D eigenvalue weighted by atomic mass is 9.81. The van der Waals surface area contributed by atoms with Crippen LogP contribution < -0.4 is 0 Å². The van der Waals surface area contributed by atoms with Crippen LogP contribution in [0.15, 0.2) is 47.3 Å². The van der Waals surface area contributed by atoms with Crippen molar-refractivity contribution in [1.82, 2.24) is 4.90 Å². The number of nitriles is 1. The predicted molar refractivity (Wildman–Crippen MR) is 121 cm³/mol. The van der Waals surface area contributed by atoms with Gasteiger partial charge in [-0.05, 0) is 51.5 Å². The summed E-state index contributed by atoms with van der Waals surface area (Å²) < 4.78 is 5.80. The summed E-state index contributed by atoms with van der Waals surface area (Å²) in [6.45, 7) is 16.2. The average molecular weight is 409 g/mol. The van der Waals surface area contributed by atoms with Gasteiger partial charge in [0.1, 0.15) is 5.60 Å². The maximum atomic E-state index is 13.4. The van der Waals surface area contributed by atoms with Crippen LogP contribution in [0.5, 0.6) is 0 Å². The molecule has 0 saturated carbocycles. The minimum Gasteiger partial charge on any atom is -0.457 e. The van der Waals surface area contributed by atoms with Gasteiger partial charge in [-0.1, -0.05) is 70.0 Å². The highest BCUT2D eigenvalue weighted by molar-refractivity contribution is 5.92. The van der Waals surface area contributed by atoms with Crippen LogP contribution >= 0.6 is 0 Å². The molecule has 1 aliphatic rings. The van der Waals surface area contributed by atoms with Crippen LogP contribution in [0.2, 0.25) is 0 Å². The Morgan fingerprint density at radius 2 is 1.73 bits per heavy atom. The maximum absolute atomic E-state index is 13.4. The highest BCUT2D eigenvalue weighted by Crippen LogP contribution is 2.42. The number of hydrogen-bond acceptors (Lipinski definition) is 4. The van der Waals surface area contributed by atoms with Gasteiger partial charge >= 0.3 is 5.97 Å². The van der Waals surface area contributed by atoms with E-state index in [1.54, 1.807) is 4.90 Å². The Bertz CT molecular complexity index is 872. The second-order valence-electron chi connectivity index (χ2n) is 10.3. The summed E-state index contributed by atoms with van der Waals surface area (Å²) in [5.74, 6) is -0.577. The average Bonchev–Trinajstić information content (AvgIpc) is 2.59. The van der Waals surface area contributed by atoms with Crippen LogP contribution in [-0.4, -0.2) is 16.5 Å². The van der Waals surface area contributed by atoms with E-state index in [0.29, 0.717) is 12.0 Å². The second kappa shape index (κ2) is 9.08. The molecule has 30 heavy (non-hydrogen) atoms. The number of benzene rings is 1. The topological polar surface area (TPSA) is 53.3 Å². The molecule has 1 heterocycles. The lowest BCUT2D eigenvalue weighted by Crippen LogP contribution is -2.33. The van der Waals surface area contributed by atoms with Crippen LogP contribution in [0, 0.1) is 23.8 Å². The van der Waals surface area contributed by atoms with Crippen LogP contribution in [0.3, 0.4) is 0 Å². The molecule has 0 bridgehead atoms. The van der Waals surface area contributed by atoms with Crippen molar-refractivity contribution in [3.8, 4) is 6.19 Å². The zero-order chi connectivity index (χ0) is 22.7. The molecule has 162 valence electrons. The normalized spacial score (nSPS) is 17.5. The van der Waals surface area contributed by atoms with Gasteiger partial charge < -0.3 is 4.74 Å². The van der Waals surface area contributed by atoms with Crippen LogP contribution in [0.25, 0.3) is 0 Å². The smallest absolute Gasteiger partial charge is 0.337 e. The first-order chi connectivity index (χ1) is 13.9. The molecule has 1 unspecified atom stereocenters. The summed E-state index contributed by atoms with van der Waals surface area (Å²) in [5.41, 5.74) is 3.91. The van der Waals surface area contributed by atoms with Crippen molar-refractivity contribution in [3.05, 3.63) is 58.4 Å². The van der Waals surface area contributed by atoms with E-state index in [9.17, 15) is 10.1 Å². The summed E-state index contributed by atoms with van der Waals surface area (Å²) in [5, 5.41) is 10.0. The van der Waals surface area contributed by atoms with E-state index in [-0.39, 0.29) is 17.3 Å². The molecule has 2 rings (SSSR count). The number of esters is 1. The fraction of sp³-hybridized carbons (Fsp3) is 0.538. The van der Waals surface area contributed by atoms with E-state index in [1.807, 2.05) is 20.8 Å². The third kappa shape index (κ3) is 5.98. The Kier molecular flexibility index (Phi) is 7.18. The molecule has 1 aromatic carbocycles. The lowest BCUT2D eigenvalue weighted by Gasteiger charge is -2.36. The first-order valence-electron chi connectivity index (χ1n) is 10.8. The molecular formula is C26H36N2O2. The maximum Gasteiger partial charge on any atom is 0.337 e. The molecule has 0 N–H and O–H groups in total. The van der Waals surface area contributed by atoms with E-state index >= 15 is 0 Å². The highest BCUT2D eigenvalue weighted by atomic mass is 16.6. The number of ether oxygens (including phenoxy) is 1. The molecule has 0 aliphatic carbocycles. The van der Waals surface area contributed by atoms with Crippen molar-refractivity contribution in [2.75, 3.05) is 0 Å². The zero-order valence-corrected chi connectivity index (χ0v) is 19.8. The fourth-order valence-corrected chi connectivity index (χ4v) is 3.73. The molecule has 0 fully saturated rings. The fourth-order valence-electron chi connectivity index (χ4n) is 3.73. The van der Waals surface area contributed by atoms with Gasteiger partial charge in [0.15, 0.2) is 6.19 Å². The lowest BCUT2D eigenvalue weighted by molar-refractivity contribution is -0.150. The Labute approximate surface area is 182 Å². The molecule has 0 amide bonds. The van der Waals surface area contributed by atoms with Crippen LogP contribution in [-0.2, 0) is 9.53 Å². The molecule has 0 saturated heterocycles. The van der Waals surface area contributed by atoms with Crippen molar-refractivity contribution in [1.29, 1.82) is 5.26 Å². The van der Waals surface area contributed by atoms with E-state index in [2.05, 4.69) is 71.2 Å². The summed E-state index contributed by atoms with van der Waals surface area (Å²) in [6.07, 6.45) is 6.65. The van der Waals surface area contributed by atoms with Gasteiger partial charge in [-0.3, -0.25) is 4.90 Å². The van der Waals surface area contributed by atoms with Crippen molar-refractivity contribution in [3.63, 3.8) is 0 Å². The first-order valence-corrected chi connectivity index (χ1v) is 10.8. The van der Waals surface area contributed by atoms with Crippen LogP contribution in [0.1, 0.15) is 84.8 Å². The molecule has 1 aliphatic heterocycles.